The van der Waals surface area contributed by atoms with Crippen LogP contribution in [0.3, 0.4) is 0 Å². The smallest absolute Gasteiger partial charge is 0.263 e. The predicted molar refractivity (Wildman–Crippen MR) is 110 cm³/mol. The maximum absolute atomic E-state index is 13.2. The van der Waals surface area contributed by atoms with Gasteiger partial charge in [0.25, 0.3) is 5.56 Å². The molecule has 28 heavy (non-hydrogen) atoms. The number of rotatable bonds is 5. The molecule has 4 rings (SSSR count). The molecule has 0 fully saturated rings. The first-order chi connectivity index (χ1) is 13.5. The normalized spacial score (nSPS) is 14.1. The Morgan fingerprint density at radius 2 is 2.14 bits per heavy atom. The lowest BCUT2D eigenvalue weighted by atomic mass is 10.1. The molecule has 2 heterocycles. The van der Waals surface area contributed by atoms with Crippen LogP contribution < -0.4 is 10.9 Å². The van der Waals surface area contributed by atoms with Crippen LogP contribution in [0.25, 0.3) is 10.2 Å². The average molecular weight is 395 g/mol. The zero-order valence-corrected chi connectivity index (χ0v) is 16.6. The number of aromatic nitrogens is 2. The highest BCUT2D eigenvalue weighted by molar-refractivity contribution is 7.18. The van der Waals surface area contributed by atoms with Gasteiger partial charge >= 0.3 is 0 Å². The lowest BCUT2D eigenvalue weighted by Crippen LogP contribution is -2.33. The van der Waals surface area contributed by atoms with Crippen LogP contribution in [0.5, 0.6) is 0 Å². The molecule has 1 unspecified atom stereocenters. The highest BCUT2D eigenvalue weighted by Gasteiger charge is 2.25. The third-order valence-electron chi connectivity index (χ3n) is 5.21. The van der Waals surface area contributed by atoms with Crippen molar-refractivity contribution in [2.75, 3.05) is 5.32 Å². The van der Waals surface area contributed by atoms with Gasteiger partial charge in [0.15, 0.2) is 5.78 Å². The van der Waals surface area contributed by atoms with Crippen molar-refractivity contribution < 1.29 is 9.59 Å². The molecular weight excluding hydrogens is 374 g/mol. The Balaban J connectivity index is 1.68. The zero-order chi connectivity index (χ0) is 19.8. The number of benzene rings is 1. The molecule has 144 valence electrons. The second-order valence-corrected chi connectivity index (χ2v) is 8.13. The van der Waals surface area contributed by atoms with E-state index in [-0.39, 0.29) is 17.2 Å². The number of nitrogens with zero attached hydrogens (tertiary/aromatic N) is 2. The number of hydrogen-bond acceptors (Lipinski definition) is 5. The molecule has 1 aromatic carbocycles. The third kappa shape index (κ3) is 3.16. The number of nitrogens with one attached hydrogen (secondary N) is 1. The summed E-state index contributed by atoms with van der Waals surface area (Å²) in [5.41, 5.74) is 2.02. The molecule has 1 N–H and O–H groups in total. The van der Waals surface area contributed by atoms with Crippen LogP contribution in [-0.2, 0) is 17.6 Å². The fourth-order valence-corrected chi connectivity index (χ4v) is 4.99. The van der Waals surface area contributed by atoms with E-state index in [1.54, 1.807) is 35.6 Å². The first-order valence-electron chi connectivity index (χ1n) is 9.42. The number of anilines is 1. The van der Waals surface area contributed by atoms with Gasteiger partial charge < -0.3 is 5.32 Å². The van der Waals surface area contributed by atoms with Gasteiger partial charge in [-0.05, 0) is 50.3 Å². The van der Waals surface area contributed by atoms with E-state index in [2.05, 4.69) is 10.3 Å². The molecule has 0 radical (unpaired) electrons. The van der Waals surface area contributed by atoms with Gasteiger partial charge in [0.1, 0.15) is 10.9 Å². The van der Waals surface area contributed by atoms with E-state index in [0.29, 0.717) is 23.1 Å². The summed E-state index contributed by atoms with van der Waals surface area (Å²) in [6.07, 6.45) is 4.90. The van der Waals surface area contributed by atoms with Crippen LogP contribution in [0, 0.1) is 0 Å². The largest absolute Gasteiger partial charge is 0.324 e. The summed E-state index contributed by atoms with van der Waals surface area (Å²) in [5, 5.41) is 3.50. The van der Waals surface area contributed by atoms with Crippen LogP contribution in [0.2, 0.25) is 0 Å². The van der Waals surface area contributed by atoms with E-state index >= 15 is 0 Å². The van der Waals surface area contributed by atoms with Crippen LogP contribution in [0.4, 0.5) is 5.69 Å². The molecule has 0 saturated carbocycles. The second kappa shape index (κ2) is 7.31. The lowest BCUT2D eigenvalue weighted by molar-refractivity contribution is -0.119. The Morgan fingerprint density at radius 1 is 1.32 bits per heavy atom. The minimum Gasteiger partial charge on any atom is -0.324 e. The number of aryl methyl sites for hydroxylation is 2. The molecule has 2 aromatic heterocycles. The van der Waals surface area contributed by atoms with Crippen molar-refractivity contribution in [1.29, 1.82) is 0 Å². The number of ketones is 1. The van der Waals surface area contributed by atoms with Gasteiger partial charge in [-0.1, -0.05) is 19.1 Å². The van der Waals surface area contributed by atoms with E-state index in [0.717, 1.165) is 29.7 Å². The Bertz CT molecular complexity index is 1150. The first kappa shape index (κ1) is 18.6. The molecule has 0 aliphatic heterocycles. The molecule has 6 nitrogen and oxygen atoms in total. The fraction of sp³-hybridized carbons (Fsp3) is 0.333. The summed E-state index contributed by atoms with van der Waals surface area (Å²) in [6.45, 7) is 3.35. The van der Waals surface area contributed by atoms with Crippen molar-refractivity contribution >= 4 is 38.9 Å². The summed E-state index contributed by atoms with van der Waals surface area (Å²) in [6, 6.07) is 6.13. The van der Waals surface area contributed by atoms with E-state index in [9.17, 15) is 14.4 Å². The van der Waals surface area contributed by atoms with Gasteiger partial charge in [0.2, 0.25) is 5.91 Å². The zero-order valence-electron chi connectivity index (χ0n) is 15.8. The average Bonchev–Trinajstić information content (AvgIpc) is 3.25. The third-order valence-corrected chi connectivity index (χ3v) is 6.41. The molecule has 1 aliphatic carbocycles. The Kier molecular flexibility index (Phi) is 4.85. The maximum atomic E-state index is 13.2. The quantitative estimate of drug-likeness (QED) is 0.667. The molecular formula is C21H21N3O3S. The van der Waals surface area contributed by atoms with Crippen LogP contribution >= 0.6 is 11.3 Å². The van der Waals surface area contributed by atoms with Gasteiger partial charge in [-0.25, -0.2) is 4.98 Å². The Hall–Kier alpha value is -2.80. The van der Waals surface area contributed by atoms with E-state index in [4.69, 9.17) is 0 Å². The molecule has 0 spiro atoms. The van der Waals surface area contributed by atoms with Crippen molar-refractivity contribution in [3.05, 3.63) is 57.0 Å². The molecule has 0 bridgehead atoms. The van der Waals surface area contributed by atoms with Gasteiger partial charge in [-0.15, -0.1) is 11.3 Å². The van der Waals surface area contributed by atoms with Crippen molar-refractivity contribution in [1.82, 2.24) is 9.55 Å². The SMILES string of the molecule is CCC(C(=O)Nc1cccc(C(C)=O)c1)n1cnc2sc3c(c2c1=O)CCC3. The summed E-state index contributed by atoms with van der Waals surface area (Å²) >= 11 is 1.59. The van der Waals surface area contributed by atoms with Crippen molar-refractivity contribution in [2.24, 2.45) is 0 Å². The number of amides is 1. The molecule has 7 heteroatoms. The van der Waals surface area contributed by atoms with Crippen molar-refractivity contribution in [2.45, 2.75) is 45.6 Å². The summed E-state index contributed by atoms with van der Waals surface area (Å²) in [5.74, 6) is -0.362. The van der Waals surface area contributed by atoms with Gasteiger partial charge in [0, 0.05) is 16.1 Å². The summed E-state index contributed by atoms with van der Waals surface area (Å²) in [7, 11) is 0. The first-order valence-corrected chi connectivity index (χ1v) is 10.2. The number of Topliss-reactive ketones (excluding diaryl/α,β-unsaturated/α-hetero) is 1. The van der Waals surface area contributed by atoms with Gasteiger partial charge in [0.05, 0.1) is 11.7 Å². The highest BCUT2D eigenvalue weighted by Crippen LogP contribution is 2.34. The van der Waals surface area contributed by atoms with Gasteiger partial charge in [-0.3, -0.25) is 19.0 Å². The number of fused-ring (bicyclic) bond motifs is 3. The fourth-order valence-electron chi connectivity index (χ4n) is 3.77. The van der Waals surface area contributed by atoms with Crippen molar-refractivity contribution in [3.63, 3.8) is 0 Å². The lowest BCUT2D eigenvalue weighted by Gasteiger charge is -2.18. The number of carbonyl (C=O) groups excluding carboxylic acids is 2. The minimum atomic E-state index is -0.665. The number of thiophene rings is 1. The standard InChI is InChI=1S/C21H21N3O3S/c1-3-16(19(26)23-14-7-4-6-13(10-14)12(2)25)24-11-22-20-18(21(24)27)15-8-5-9-17(15)28-20/h4,6-7,10-11,16H,3,5,8-9H2,1-2H3,(H,23,26). The van der Waals surface area contributed by atoms with Crippen molar-refractivity contribution in [3.8, 4) is 0 Å². The molecule has 3 aromatic rings. The molecule has 1 atom stereocenters. The Morgan fingerprint density at radius 3 is 2.89 bits per heavy atom. The van der Waals surface area contributed by atoms with Crippen LogP contribution in [0.15, 0.2) is 35.4 Å². The van der Waals surface area contributed by atoms with E-state index in [1.165, 1.54) is 22.7 Å². The number of carbonyl (C=O) groups is 2. The summed E-state index contributed by atoms with van der Waals surface area (Å²) in [4.78, 5) is 44.1. The highest BCUT2D eigenvalue weighted by atomic mass is 32.1. The topological polar surface area (TPSA) is 81.1 Å². The number of hydrogen-bond donors (Lipinski definition) is 1. The monoisotopic (exact) mass is 395 g/mol. The minimum absolute atomic E-state index is 0.0691. The predicted octanol–water partition coefficient (Wildman–Crippen LogP) is 3.74. The maximum Gasteiger partial charge on any atom is 0.263 e. The molecule has 0 saturated heterocycles. The van der Waals surface area contributed by atoms with E-state index in [1.807, 2.05) is 6.92 Å². The molecule has 1 amide bonds. The Labute approximate surface area is 166 Å². The second-order valence-electron chi connectivity index (χ2n) is 7.04. The summed E-state index contributed by atoms with van der Waals surface area (Å²) < 4.78 is 1.44. The van der Waals surface area contributed by atoms with Gasteiger partial charge in [-0.2, -0.15) is 0 Å². The van der Waals surface area contributed by atoms with Crippen LogP contribution in [0.1, 0.15) is 53.5 Å². The van der Waals surface area contributed by atoms with Crippen LogP contribution in [-0.4, -0.2) is 21.2 Å². The molecule has 1 aliphatic rings. The van der Waals surface area contributed by atoms with E-state index < -0.39 is 6.04 Å².